The van der Waals surface area contributed by atoms with E-state index in [1.165, 1.54) is 11.9 Å². The Morgan fingerprint density at radius 1 is 1.57 bits per heavy atom. The highest BCUT2D eigenvalue weighted by Crippen LogP contribution is 2.25. The van der Waals surface area contributed by atoms with Crippen LogP contribution in [0.15, 0.2) is 0 Å². The van der Waals surface area contributed by atoms with Crippen LogP contribution in [0.25, 0.3) is 0 Å². The van der Waals surface area contributed by atoms with Gasteiger partial charge >= 0.3 is 6.18 Å². The summed E-state index contributed by atoms with van der Waals surface area (Å²) in [4.78, 5) is 12.4. The summed E-state index contributed by atoms with van der Waals surface area (Å²) >= 11 is 1.67. The van der Waals surface area contributed by atoms with Gasteiger partial charge in [0, 0.05) is 18.8 Å². The van der Waals surface area contributed by atoms with E-state index < -0.39 is 18.5 Å². The number of alkyl halides is 3. The molecule has 1 atom stereocenters. The van der Waals surface area contributed by atoms with E-state index in [9.17, 15) is 18.0 Å². The fraction of sp³-hybridized carbons (Fsp3) is 0.875. The van der Waals surface area contributed by atoms with Gasteiger partial charge in [0.05, 0.1) is 0 Å². The van der Waals surface area contributed by atoms with Crippen LogP contribution in [0.2, 0.25) is 0 Å². The summed E-state index contributed by atoms with van der Waals surface area (Å²) in [5.74, 6) is 0.846. The van der Waals surface area contributed by atoms with Crippen LogP contribution < -0.4 is 0 Å². The molecule has 0 bridgehead atoms. The summed E-state index contributed by atoms with van der Waals surface area (Å²) in [7, 11) is 1.45. The van der Waals surface area contributed by atoms with E-state index in [2.05, 4.69) is 0 Å². The number of thioether (sulfide) groups is 1. The Balaban J connectivity index is 2.43. The molecule has 0 aliphatic carbocycles. The molecule has 2 nitrogen and oxygen atoms in total. The maximum absolute atomic E-state index is 11.9. The molecular formula is C8H12F3NOS. The van der Waals surface area contributed by atoms with Crippen molar-refractivity contribution in [3.63, 3.8) is 0 Å². The summed E-state index contributed by atoms with van der Waals surface area (Å²) in [5, 5.41) is 0. The first-order valence-corrected chi connectivity index (χ1v) is 5.46. The van der Waals surface area contributed by atoms with Gasteiger partial charge in [-0.3, -0.25) is 4.79 Å². The number of nitrogens with zero attached hydrogens (tertiary/aromatic N) is 1. The molecule has 0 aromatic carbocycles. The maximum atomic E-state index is 11.9. The van der Waals surface area contributed by atoms with Gasteiger partial charge in [0.15, 0.2) is 0 Å². The van der Waals surface area contributed by atoms with E-state index in [4.69, 9.17) is 0 Å². The Labute approximate surface area is 84.8 Å². The highest BCUT2D eigenvalue weighted by Gasteiger charge is 2.34. The fourth-order valence-electron chi connectivity index (χ4n) is 1.33. The van der Waals surface area contributed by atoms with Crippen molar-refractivity contribution in [3.05, 3.63) is 0 Å². The topological polar surface area (TPSA) is 20.3 Å². The second-order valence-electron chi connectivity index (χ2n) is 3.31. The smallest absolute Gasteiger partial charge is 0.342 e. The van der Waals surface area contributed by atoms with E-state index in [1.54, 1.807) is 11.8 Å². The standard InChI is InChI=1S/C8H12F3NOS/c1-12(6-2-3-14-5-6)7(13)4-8(9,10)11/h6H,2-5H2,1H3. The number of rotatable bonds is 2. The molecule has 1 fully saturated rings. The molecule has 1 amide bonds. The van der Waals surface area contributed by atoms with Gasteiger partial charge in [0.25, 0.3) is 0 Å². The summed E-state index contributed by atoms with van der Waals surface area (Å²) in [5.41, 5.74) is 0. The first kappa shape index (κ1) is 11.7. The maximum Gasteiger partial charge on any atom is 0.397 e. The number of carbonyl (C=O) groups is 1. The lowest BCUT2D eigenvalue weighted by atomic mass is 10.2. The van der Waals surface area contributed by atoms with E-state index in [-0.39, 0.29) is 6.04 Å². The zero-order valence-electron chi connectivity index (χ0n) is 7.80. The molecule has 1 saturated heterocycles. The van der Waals surface area contributed by atoms with Crippen LogP contribution in [0.1, 0.15) is 12.8 Å². The van der Waals surface area contributed by atoms with Gasteiger partial charge in [-0.1, -0.05) is 0 Å². The van der Waals surface area contributed by atoms with E-state index >= 15 is 0 Å². The number of hydrogen-bond acceptors (Lipinski definition) is 2. The normalized spacial score (nSPS) is 22.4. The van der Waals surface area contributed by atoms with E-state index in [0.29, 0.717) is 0 Å². The molecule has 1 aliphatic rings. The van der Waals surface area contributed by atoms with Gasteiger partial charge in [-0.15, -0.1) is 0 Å². The van der Waals surface area contributed by atoms with E-state index in [0.717, 1.165) is 17.9 Å². The van der Waals surface area contributed by atoms with Crippen LogP contribution in [0.4, 0.5) is 13.2 Å². The molecule has 1 heterocycles. The molecule has 82 valence electrons. The molecule has 6 heteroatoms. The highest BCUT2D eigenvalue weighted by molar-refractivity contribution is 7.99. The first-order valence-electron chi connectivity index (χ1n) is 4.30. The summed E-state index contributed by atoms with van der Waals surface area (Å²) in [6, 6.07) is -0.0187. The summed E-state index contributed by atoms with van der Waals surface area (Å²) < 4.78 is 35.7. The van der Waals surface area contributed by atoms with Gasteiger partial charge < -0.3 is 4.90 Å². The Morgan fingerprint density at radius 3 is 2.64 bits per heavy atom. The minimum absolute atomic E-state index is 0.0187. The van der Waals surface area contributed by atoms with Crippen molar-refractivity contribution in [1.29, 1.82) is 0 Å². The molecule has 0 saturated carbocycles. The SMILES string of the molecule is CN(C(=O)CC(F)(F)F)C1CCSC1. The number of carbonyl (C=O) groups excluding carboxylic acids is 1. The molecular weight excluding hydrogens is 215 g/mol. The molecule has 1 unspecified atom stereocenters. The molecule has 1 aliphatic heterocycles. The van der Waals surface area contributed by atoms with Gasteiger partial charge in [0.1, 0.15) is 6.42 Å². The minimum atomic E-state index is -4.39. The highest BCUT2D eigenvalue weighted by atomic mass is 32.2. The fourth-order valence-corrected chi connectivity index (χ4v) is 2.60. The molecule has 0 radical (unpaired) electrons. The molecule has 14 heavy (non-hydrogen) atoms. The van der Waals surface area contributed by atoms with Crippen molar-refractivity contribution in [2.45, 2.75) is 25.1 Å². The van der Waals surface area contributed by atoms with Gasteiger partial charge in [-0.05, 0) is 12.2 Å². The largest absolute Gasteiger partial charge is 0.397 e. The Morgan fingerprint density at radius 2 is 2.21 bits per heavy atom. The van der Waals surface area contributed by atoms with Crippen molar-refractivity contribution in [1.82, 2.24) is 4.90 Å². The Hall–Kier alpha value is -0.390. The number of hydrogen-bond donors (Lipinski definition) is 0. The second-order valence-corrected chi connectivity index (χ2v) is 4.46. The monoisotopic (exact) mass is 227 g/mol. The summed E-state index contributed by atoms with van der Waals surface area (Å²) in [6.45, 7) is 0. The first-order chi connectivity index (χ1) is 6.40. The Kier molecular flexibility index (Phi) is 3.69. The predicted octanol–water partition coefficient (Wildman–Crippen LogP) is 1.90. The number of halogens is 3. The van der Waals surface area contributed by atoms with Crippen molar-refractivity contribution in [2.75, 3.05) is 18.6 Å². The van der Waals surface area contributed by atoms with Crippen LogP contribution in [0.3, 0.4) is 0 Å². The quantitative estimate of drug-likeness (QED) is 0.718. The lowest BCUT2D eigenvalue weighted by Crippen LogP contribution is -2.39. The van der Waals surface area contributed by atoms with Crippen LogP contribution in [-0.4, -0.2) is 41.6 Å². The third kappa shape index (κ3) is 3.40. The van der Waals surface area contributed by atoms with Crippen molar-refractivity contribution in [2.24, 2.45) is 0 Å². The van der Waals surface area contributed by atoms with Crippen molar-refractivity contribution >= 4 is 17.7 Å². The van der Waals surface area contributed by atoms with Crippen molar-refractivity contribution in [3.8, 4) is 0 Å². The van der Waals surface area contributed by atoms with Crippen LogP contribution in [0, 0.1) is 0 Å². The molecule has 1 rings (SSSR count). The van der Waals surface area contributed by atoms with Crippen molar-refractivity contribution < 1.29 is 18.0 Å². The van der Waals surface area contributed by atoms with Crippen LogP contribution in [0.5, 0.6) is 0 Å². The van der Waals surface area contributed by atoms with Gasteiger partial charge in [-0.2, -0.15) is 24.9 Å². The minimum Gasteiger partial charge on any atom is -0.342 e. The molecule has 0 N–H and O–H groups in total. The predicted molar refractivity (Wildman–Crippen MR) is 49.2 cm³/mol. The lowest BCUT2D eigenvalue weighted by molar-refractivity contribution is -0.161. The average molecular weight is 227 g/mol. The third-order valence-electron chi connectivity index (χ3n) is 2.20. The molecule has 0 spiro atoms. The van der Waals surface area contributed by atoms with E-state index in [1.807, 2.05) is 0 Å². The van der Waals surface area contributed by atoms with Crippen LogP contribution in [-0.2, 0) is 4.79 Å². The summed E-state index contributed by atoms with van der Waals surface area (Å²) in [6.07, 6.45) is -4.94. The Bertz CT molecular complexity index is 213. The third-order valence-corrected chi connectivity index (χ3v) is 3.34. The number of amides is 1. The van der Waals surface area contributed by atoms with Crippen LogP contribution >= 0.6 is 11.8 Å². The molecule has 0 aromatic heterocycles. The van der Waals surface area contributed by atoms with Gasteiger partial charge in [0.2, 0.25) is 5.91 Å². The average Bonchev–Trinajstić information content (AvgIpc) is 2.51. The lowest BCUT2D eigenvalue weighted by Gasteiger charge is -2.24. The molecule has 0 aromatic rings. The van der Waals surface area contributed by atoms with Gasteiger partial charge in [-0.25, -0.2) is 0 Å². The second kappa shape index (κ2) is 4.42. The zero-order chi connectivity index (χ0) is 10.8. The zero-order valence-corrected chi connectivity index (χ0v) is 8.62.